The van der Waals surface area contributed by atoms with Crippen molar-refractivity contribution in [1.82, 2.24) is 20.0 Å². The highest BCUT2D eigenvalue weighted by atomic mass is 16.3. The number of piperazine rings is 1. The molecule has 4 aromatic carbocycles. The van der Waals surface area contributed by atoms with Gasteiger partial charge in [0.05, 0.1) is 0 Å². The molecule has 6 aliphatic heterocycles. The Labute approximate surface area is 358 Å². The SMILES string of the molecule is C=C(CN1CCC2(CC1)CN(c1ccc([C@@H]3c4ccc(O)cc4CC[C@@H]3c3ccccc3)cc1)C2)N1CCN2c3cc4c(cc3CC[C@@H]2C1)C(=O)N(C1CCC(=O)NC1=O)C4. The molecule has 0 saturated carbocycles. The zero-order valence-electron chi connectivity index (χ0n) is 35.0. The maximum absolute atomic E-state index is 13.5. The summed E-state index contributed by atoms with van der Waals surface area (Å²) >= 11 is 0. The lowest BCUT2D eigenvalue weighted by Crippen LogP contribution is -2.61. The Balaban J connectivity index is 0.679. The molecule has 0 bridgehead atoms. The summed E-state index contributed by atoms with van der Waals surface area (Å²) in [4.78, 5) is 49.7. The van der Waals surface area contributed by atoms with Crippen LogP contribution in [-0.2, 0) is 29.0 Å². The van der Waals surface area contributed by atoms with Crippen LogP contribution in [0.3, 0.4) is 0 Å². The van der Waals surface area contributed by atoms with Crippen LogP contribution in [0, 0.1) is 5.41 Å². The molecule has 0 radical (unpaired) electrons. The zero-order valence-corrected chi connectivity index (χ0v) is 35.0. The highest BCUT2D eigenvalue weighted by Crippen LogP contribution is 2.48. The molecule has 1 spiro atoms. The van der Waals surface area contributed by atoms with E-state index in [0.717, 1.165) is 83.6 Å². The minimum atomic E-state index is -0.590. The molecular formula is C51H56N6O4. The maximum atomic E-state index is 13.5. The first-order valence-corrected chi connectivity index (χ1v) is 22.6. The van der Waals surface area contributed by atoms with Gasteiger partial charge in [-0.1, -0.05) is 55.1 Å². The molecule has 4 aromatic rings. The van der Waals surface area contributed by atoms with E-state index in [2.05, 4.69) is 104 Å². The number of piperidine rings is 2. The summed E-state index contributed by atoms with van der Waals surface area (Å²) in [5.74, 6) is 0.307. The number of nitrogens with zero attached hydrogens (tertiary/aromatic N) is 5. The minimum absolute atomic E-state index is 0.0954. The van der Waals surface area contributed by atoms with Crippen molar-refractivity contribution < 1.29 is 19.5 Å². The van der Waals surface area contributed by atoms with Crippen molar-refractivity contribution in [3.8, 4) is 5.75 Å². The second kappa shape index (κ2) is 15.1. The fourth-order valence-corrected chi connectivity index (χ4v) is 12.1. The standard InChI is InChI=1S/C51H56N6O4/c1-33(54-23-24-56-40(30-54)13-9-37-26-44-38(27-46(37)56)29-57(50(44)61)45-17-18-47(59)52-49(45)60)28-53-21-19-51(20-22-53)31-55(32-51)39-11-7-35(8-12-39)48-42(34-5-3-2-4-6-34)15-10-36-25-41(58)14-16-43(36)48/h2-8,11-12,14,16,25-27,40,42,45,48,58H,1,9-10,13,15,17-24,28-32H2,(H,52,59,60)/t40-,42-,45?,48+/m1/s1. The Bertz CT molecular complexity index is 2400. The van der Waals surface area contributed by atoms with E-state index < -0.39 is 6.04 Å². The fraction of sp³-hybridized carbons (Fsp3) is 0.431. The molecule has 0 aromatic heterocycles. The molecule has 4 fully saturated rings. The molecule has 2 N–H and O–H groups in total. The normalized spacial score (nSPS) is 25.7. The highest BCUT2D eigenvalue weighted by molar-refractivity contribution is 6.05. The summed E-state index contributed by atoms with van der Waals surface area (Å²) in [7, 11) is 0. The highest BCUT2D eigenvalue weighted by Gasteiger charge is 2.46. The Morgan fingerprint density at radius 3 is 2.34 bits per heavy atom. The van der Waals surface area contributed by atoms with Gasteiger partial charge in [-0.25, -0.2) is 0 Å². The number of hydrogen-bond donors (Lipinski definition) is 2. The number of aryl methyl sites for hydroxylation is 2. The van der Waals surface area contributed by atoms with Crippen LogP contribution in [0.4, 0.5) is 11.4 Å². The summed E-state index contributed by atoms with van der Waals surface area (Å²) in [5, 5.41) is 12.7. The molecule has 61 heavy (non-hydrogen) atoms. The lowest BCUT2D eigenvalue weighted by Gasteiger charge is -2.55. The molecule has 6 heterocycles. The van der Waals surface area contributed by atoms with Crippen molar-refractivity contribution in [1.29, 1.82) is 0 Å². The van der Waals surface area contributed by atoms with Gasteiger partial charge in [0, 0.05) is 92.2 Å². The van der Waals surface area contributed by atoms with Crippen LogP contribution in [0.15, 0.2) is 97.2 Å². The van der Waals surface area contributed by atoms with Gasteiger partial charge in [-0.3, -0.25) is 24.6 Å². The number of fused-ring (bicyclic) bond motifs is 5. The van der Waals surface area contributed by atoms with Crippen LogP contribution in [0.2, 0.25) is 0 Å². The van der Waals surface area contributed by atoms with Gasteiger partial charge in [-0.15, -0.1) is 0 Å². The molecule has 11 rings (SSSR count). The van der Waals surface area contributed by atoms with Gasteiger partial charge >= 0.3 is 0 Å². The Hall–Kier alpha value is -5.61. The molecule has 10 nitrogen and oxygen atoms in total. The molecule has 4 saturated heterocycles. The van der Waals surface area contributed by atoms with E-state index in [9.17, 15) is 19.5 Å². The first-order valence-electron chi connectivity index (χ1n) is 22.6. The number of nitrogens with one attached hydrogen (secondary N) is 1. The number of carbonyl (C=O) groups is 3. The second-order valence-corrected chi connectivity index (χ2v) is 19.1. The number of imide groups is 1. The predicted octanol–water partition coefficient (Wildman–Crippen LogP) is 6.57. The van der Waals surface area contributed by atoms with Crippen LogP contribution in [0.25, 0.3) is 0 Å². The van der Waals surface area contributed by atoms with Gasteiger partial charge in [0.15, 0.2) is 0 Å². The fourth-order valence-electron chi connectivity index (χ4n) is 12.1. The van der Waals surface area contributed by atoms with Crippen LogP contribution < -0.4 is 15.1 Å². The van der Waals surface area contributed by atoms with E-state index in [1.165, 1.54) is 57.7 Å². The minimum Gasteiger partial charge on any atom is -0.508 e. The summed E-state index contributed by atoms with van der Waals surface area (Å²) in [5.41, 5.74) is 12.4. The van der Waals surface area contributed by atoms with Crippen molar-refractivity contribution in [3.05, 3.63) is 136 Å². The van der Waals surface area contributed by atoms with E-state index in [1.807, 2.05) is 12.1 Å². The van der Waals surface area contributed by atoms with Gasteiger partial charge in [0.2, 0.25) is 11.8 Å². The number of hydrogen-bond acceptors (Lipinski definition) is 8. The molecular weight excluding hydrogens is 761 g/mol. The third kappa shape index (κ3) is 6.87. The summed E-state index contributed by atoms with van der Waals surface area (Å²) < 4.78 is 0. The predicted molar refractivity (Wildman–Crippen MR) is 237 cm³/mol. The Morgan fingerprint density at radius 1 is 0.770 bits per heavy atom. The topological polar surface area (TPSA) is 99.7 Å². The Kier molecular flexibility index (Phi) is 9.47. The largest absolute Gasteiger partial charge is 0.508 e. The molecule has 10 heteroatoms. The van der Waals surface area contributed by atoms with Crippen LogP contribution in [-0.4, -0.2) is 102 Å². The van der Waals surface area contributed by atoms with E-state index in [-0.39, 0.29) is 30.1 Å². The number of anilines is 2. The number of phenols is 1. The lowest BCUT2D eigenvalue weighted by molar-refractivity contribution is -0.136. The monoisotopic (exact) mass is 816 g/mol. The van der Waals surface area contributed by atoms with Gasteiger partial charge in [0.1, 0.15) is 11.8 Å². The maximum Gasteiger partial charge on any atom is 0.255 e. The number of likely N-dealkylation sites (tertiary alicyclic amines) is 1. The molecule has 3 amide bonds. The lowest BCUT2D eigenvalue weighted by atomic mass is 9.69. The molecule has 1 unspecified atom stereocenters. The summed E-state index contributed by atoms with van der Waals surface area (Å²) in [6.07, 6.45) is 7.12. The van der Waals surface area contributed by atoms with Crippen molar-refractivity contribution in [2.24, 2.45) is 5.41 Å². The van der Waals surface area contributed by atoms with Crippen LogP contribution in [0.1, 0.15) is 94.1 Å². The smallest absolute Gasteiger partial charge is 0.255 e. The molecule has 7 aliphatic rings. The van der Waals surface area contributed by atoms with Crippen LogP contribution >= 0.6 is 0 Å². The average Bonchev–Trinajstić information content (AvgIpc) is 3.58. The van der Waals surface area contributed by atoms with Crippen LogP contribution in [0.5, 0.6) is 5.75 Å². The van der Waals surface area contributed by atoms with Crippen molar-refractivity contribution in [3.63, 3.8) is 0 Å². The average molecular weight is 817 g/mol. The van der Waals surface area contributed by atoms with E-state index >= 15 is 0 Å². The van der Waals surface area contributed by atoms with E-state index in [4.69, 9.17) is 0 Å². The van der Waals surface area contributed by atoms with Crippen molar-refractivity contribution in [2.75, 3.05) is 62.2 Å². The Morgan fingerprint density at radius 2 is 1.56 bits per heavy atom. The van der Waals surface area contributed by atoms with Gasteiger partial charge in [-0.2, -0.15) is 0 Å². The number of rotatable bonds is 7. The number of amides is 3. The zero-order chi connectivity index (χ0) is 41.4. The first kappa shape index (κ1) is 38.3. The number of phenolic OH excluding ortho intramolecular Hbond substituents is 1. The quantitative estimate of drug-likeness (QED) is 0.203. The van der Waals surface area contributed by atoms with Crippen molar-refractivity contribution >= 4 is 29.1 Å². The van der Waals surface area contributed by atoms with Crippen molar-refractivity contribution in [2.45, 2.75) is 81.8 Å². The summed E-state index contributed by atoms with van der Waals surface area (Å²) in [6.45, 7) is 13.2. The van der Waals surface area contributed by atoms with E-state index in [1.54, 1.807) is 4.90 Å². The molecule has 4 atom stereocenters. The second-order valence-electron chi connectivity index (χ2n) is 19.1. The third-order valence-electron chi connectivity index (χ3n) is 15.5. The third-order valence-corrected chi connectivity index (χ3v) is 15.5. The van der Waals surface area contributed by atoms with Gasteiger partial charge in [0.25, 0.3) is 5.91 Å². The number of benzene rings is 4. The molecule has 1 aliphatic carbocycles. The number of carbonyl (C=O) groups excluding carboxylic acids is 3. The van der Waals surface area contributed by atoms with E-state index in [0.29, 0.717) is 41.7 Å². The van der Waals surface area contributed by atoms with Gasteiger partial charge < -0.3 is 24.7 Å². The van der Waals surface area contributed by atoms with Gasteiger partial charge in [-0.05, 0) is 134 Å². The number of aromatic hydroxyl groups is 1. The first-order chi connectivity index (χ1) is 29.7. The summed E-state index contributed by atoms with van der Waals surface area (Å²) in [6, 6.07) is 30.4. The molecule has 314 valence electrons.